The number of hydrogen-bond donors (Lipinski definition) is 1. The highest BCUT2D eigenvalue weighted by molar-refractivity contribution is 7.92. The monoisotopic (exact) mass is 509 g/mol. The third-order valence-corrected chi connectivity index (χ3v) is 6.90. The summed E-state index contributed by atoms with van der Waals surface area (Å²) in [6, 6.07) is 12.6. The van der Waals surface area contributed by atoms with Gasteiger partial charge in [0.25, 0.3) is 0 Å². The van der Waals surface area contributed by atoms with Gasteiger partial charge in [-0.3, -0.25) is 13.9 Å². The number of halogens is 1. The van der Waals surface area contributed by atoms with E-state index in [1.54, 1.807) is 43.3 Å². The van der Waals surface area contributed by atoms with Crippen LogP contribution in [0.4, 0.5) is 5.69 Å². The number of benzene rings is 2. The van der Waals surface area contributed by atoms with Crippen molar-refractivity contribution in [2.45, 2.75) is 45.8 Å². The molecule has 0 unspecified atom stereocenters. The standard InChI is InChI=1S/C24H32ClN3O5S/c1-6-17(2)26-24(30)18(3)27(15-19-10-9-11-20(14-19)33-4)23(29)16-28(34(5,31)32)22-13-8-7-12-21(22)25/h7-14,17-18H,6,15-16H2,1-5H3,(H,26,30)/t17-,18+/m1/s1. The second-order valence-electron chi connectivity index (χ2n) is 8.09. The van der Waals surface area contributed by atoms with Gasteiger partial charge in [-0.1, -0.05) is 42.8 Å². The Hall–Kier alpha value is -2.78. The summed E-state index contributed by atoms with van der Waals surface area (Å²) in [7, 11) is -2.30. The van der Waals surface area contributed by atoms with E-state index in [-0.39, 0.29) is 29.2 Å². The molecule has 2 amide bonds. The van der Waals surface area contributed by atoms with Crippen LogP contribution in [0.5, 0.6) is 5.75 Å². The Morgan fingerprint density at radius 1 is 1.12 bits per heavy atom. The fraction of sp³-hybridized carbons (Fsp3) is 0.417. The molecule has 2 rings (SSSR count). The van der Waals surface area contributed by atoms with Gasteiger partial charge in [0.2, 0.25) is 21.8 Å². The quantitative estimate of drug-likeness (QED) is 0.500. The van der Waals surface area contributed by atoms with Crippen LogP contribution in [0.3, 0.4) is 0 Å². The average Bonchev–Trinajstić information content (AvgIpc) is 2.80. The first-order valence-corrected chi connectivity index (χ1v) is 13.2. The van der Waals surface area contributed by atoms with Crippen molar-refractivity contribution in [2.24, 2.45) is 0 Å². The highest BCUT2D eigenvalue weighted by atomic mass is 35.5. The smallest absolute Gasteiger partial charge is 0.244 e. The van der Waals surface area contributed by atoms with Crippen molar-refractivity contribution in [3.05, 3.63) is 59.1 Å². The lowest BCUT2D eigenvalue weighted by molar-refractivity contribution is -0.139. The normalized spacial score (nSPS) is 13.0. The molecule has 0 spiro atoms. The van der Waals surface area contributed by atoms with E-state index < -0.39 is 28.5 Å². The number of methoxy groups -OCH3 is 1. The number of ether oxygens (including phenoxy) is 1. The molecule has 0 aliphatic heterocycles. The third-order valence-electron chi connectivity index (χ3n) is 5.46. The van der Waals surface area contributed by atoms with Crippen molar-refractivity contribution in [1.29, 1.82) is 0 Å². The highest BCUT2D eigenvalue weighted by Crippen LogP contribution is 2.27. The van der Waals surface area contributed by atoms with Gasteiger partial charge in [-0.25, -0.2) is 8.42 Å². The number of carbonyl (C=O) groups excluding carboxylic acids is 2. The van der Waals surface area contributed by atoms with Gasteiger partial charge >= 0.3 is 0 Å². The zero-order chi connectivity index (χ0) is 25.5. The van der Waals surface area contributed by atoms with Crippen molar-refractivity contribution in [2.75, 3.05) is 24.2 Å². The van der Waals surface area contributed by atoms with Crippen molar-refractivity contribution in [1.82, 2.24) is 10.2 Å². The van der Waals surface area contributed by atoms with Crippen molar-refractivity contribution in [3.8, 4) is 5.75 Å². The van der Waals surface area contributed by atoms with E-state index in [2.05, 4.69) is 5.32 Å². The van der Waals surface area contributed by atoms with E-state index in [1.165, 1.54) is 18.1 Å². The SMILES string of the molecule is CC[C@@H](C)NC(=O)[C@H](C)N(Cc1cccc(OC)c1)C(=O)CN(c1ccccc1Cl)S(C)(=O)=O. The summed E-state index contributed by atoms with van der Waals surface area (Å²) in [5.41, 5.74) is 0.928. The lowest BCUT2D eigenvalue weighted by Gasteiger charge is -2.32. The van der Waals surface area contributed by atoms with E-state index >= 15 is 0 Å². The number of rotatable bonds is 11. The lowest BCUT2D eigenvalue weighted by Crippen LogP contribution is -2.52. The second kappa shape index (κ2) is 12.1. The molecule has 0 aliphatic rings. The predicted octanol–water partition coefficient (Wildman–Crippen LogP) is 3.45. The molecular formula is C24H32ClN3O5S. The molecule has 2 atom stereocenters. The maximum Gasteiger partial charge on any atom is 0.244 e. The van der Waals surface area contributed by atoms with Gasteiger partial charge < -0.3 is 15.0 Å². The minimum Gasteiger partial charge on any atom is -0.497 e. The number of nitrogens with zero attached hydrogens (tertiary/aromatic N) is 2. The first-order valence-electron chi connectivity index (χ1n) is 10.9. The summed E-state index contributed by atoms with van der Waals surface area (Å²) in [4.78, 5) is 27.8. The maximum atomic E-state index is 13.5. The summed E-state index contributed by atoms with van der Waals surface area (Å²) < 4.78 is 31.4. The zero-order valence-electron chi connectivity index (χ0n) is 20.1. The number of hydrogen-bond acceptors (Lipinski definition) is 5. The number of amides is 2. The molecule has 2 aromatic rings. The van der Waals surface area contributed by atoms with Crippen LogP contribution in [-0.2, 0) is 26.2 Å². The fourth-order valence-electron chi connectivity index (χ4n) is 3.26. The molecule has 2 aromatic carbocycles. The number of sulfonamides is 1. The fourth-order valence-corrected chi connectivity index (χ4v) is 4.41. The highest BCUT2D eigenvalue weighted by Gasteiger charge is 2.31. The average molecular weight is 510 g/mol. The van der Waals surface area contributed by atoms with Crippen LogP contribution < -0.4 is 14.4 Å². The number of nitrogens with one attached hydrogen (secondary N) is 1. The van der Waals surface area contributed by atoms with Crippen LogP contribution in [0.2, 0.25) is 5.02 Å². The molecule has 0 aliphatic carbocycles. The molecule has 10 heteroatoms. The third kappa shape index (κ3) is 7.36. The molecule has 0 bridgehead atoms. The van der Waals surface area contributed by atoms with Gasteiger partial charge in [0.1, 0.15) is 18.3 Å². The molecule has 34 heavy (non-hydrogen) atoms. The van der Waals surface area contributed by atoms with E-state index in [1.807, 2.05) is 19.9 Å². The van der Waals surface area contributed by atoms with Crippen LogP contribution in [0.1, 0.15) is 32.8 Å². The molecule has 0 aromatic heterocycles. The Labute approximate surface area is 206 Å². The minimum absolute atomic E-state index is 0.0700. The van der Waals surface area contributed by atoms with E-state index in [4.69, 9.17) is 16.3 Å². The molecule has 0 saturated heterocycles. The molecule has 0 fully saturated rings. The lowest BCUT2D eigenvalue weighted by atomic mass is 10.1. The van der Waals surface area contributed by atoms with Gasteiger partial charge in [-0.05, 0) is 50.1 Å². The summed E-state index contributed by atoms with van der Waals surface area (Å²) in [6.45, 7) is 5.03. The van der Waals surface area contributed by atoms with Gasteiger partial charge in [0.15, 0.2) is 0 Å². The molecule has 186 valence electrons. The molecule has 8 nitrogen and oxygen atoms in total. The van der Waals surface area contributed by atoms with Gasteiger partial charge in [0, 0.05) is 12.6 Å². The van der Waals surface area contributed by atoms with Crippen LogP contribution >= 0.6 is 11.6 Å². The van der Waals surface area contributed by atoms with Crippen LogP contribution in [0.15, 0.2) is 48.5 Å². The van der Waals surface area contributed by atoms with Gasteiger partial charge in [0.05, 0.1) is 24.1 Å². The van der Waals surface area contributed by atoms with E-state index in [0.29, 0.717) is 5.75 Å². The Morgan fingerprint density at radius 2 is 1.79 bits per heavy atom. The number of carbonyl (C=O) groups is 2. The molecular weight excluding hydrogens is 478 g/mol. The zero-order valence-corrected chi connectivity index (χ0v) is 21.7. The Bertz CT molecular complexity index is 1110. The number of anilines is 1. The maximum absolute atomic E-state index is 13.5. The van der Waals surface area contributed by atoms with Crippen molar-refractivity contribution < 1.29 is 22.7 Å². The summed E-state index contributed by atoms with van der Waals surface area (Å²) in [6.07, 6.45) is 1.74. The predicted molar refractivity (Wildman–Crippen MR) is 135 cm³/mol. The van der Waals surface area contributed by atoms with Crippen LogP contribution in [0.25, 0.3) is 0 Å². The number of para-hydroxylation sites is 1. The van der Waals surface area contributed by atoms with Crippen LogP contribution in [0, 0.1) is 0 Å². The first kappa shape index (κ1) is 27.5. The topological polar surface area (TPSA) is 96.0 Å². The Morgan fingerprint density at radius 3 is 2.38 bits per heavy atom. The second-order valence-corrected chi connectivity index (χ2v) is 10.4. The summed E-state index contributed by atoms with van der Waals surface area (Å²) >= 11 is 6.23. The van der Waals surface area contributed by atoms with Gasteiger partial charge in [-0.2, -0.15) is 0 Å². The summed E-state index contributed by atoms with van der Waals surface area (Å²) in [5, 5.41) is 3.08. The van der Waals surface area contributed by atoms with Crippen molar-refractivity contribution >= 4 is 39.1 Å². The van der Waals surface area contributed by atoms with E-state index in [9.17, 15) is 18.0 Å². The Balaban J connectivity index is 2.41. The molecule has 0 radical (unpaired) electrons. The molecule has 1 N–H and O–H groups in total. The van der Waals surface area contributed by atoms with Crippen molar-refractivity contribution in [3.63, 3.8) is 0 Å². The minimum atomic E-state index is -3.84. The van der Waals surface area contributed by atoms with Crippen LogP contribution in [-0.4, -0.2) is 57.1 Å². The largest absolute Gasteiger partial charge is 0.497 e. The molecule has 0 saturated carbocycles. The van der Waals surface area contributed by atoms with Gasteiger partial charge in [-0.15, -0.1) is 0 Å². The summed E-state index contributed by atoms with van der Waals surface area (Å²) in [5.74, 6) is -0.260. The first-order chi connectivity index (χ1) is 16.0. The van der Waals surface area contributed by atoms with E-state index in [0.717, 1.165) is 22.5 Å². The Kier molecular flexibility index (Phi) is 9.76. The molecule has 0 heterocycles.